The molecule has 1 fully saturated rings. The zero-order valence-electron chi connectivity index (χ0n) is 17.0. The van der Waals surface area contributed by atoms with Crippen LogP contribution >= 0.6 is 0 Å². The van der Waals surface area contributed by atoms with E-state index in [2.05, 4.69) is 10.2 Å². The summed E-state index contributed by atoms with van der Waals surface area (Å²) in [6.07, 6.45) is 1.24. The maximum absolute atomic E-state index is 13.2. The second-order valence-corrected chi connectivity index (χ2v) is 9.32. The van der Waals surface area contributed by atoms with Gasteiger partial charge in [-0.15, -0.1) is 10.2 Å². The van der Waals surface area contributed by atoms with E-state index in [0.717, 1.165) is 10.9 Å². The number of nitrogens with zero attached hydrogens (tertiary/aromatic N) is 4. The maximum Gasteiger partial charge on any atom is 0.264 e. The van der Waals surface area contributed by atoms with Gasteiger partial charge in [0.2, 0.25) is 16.4 Å². The van der Waals surface area contributed by atoms with Gasteiger partial charge >= 0.3 is 0 Å². The summed E-state index contributed by atoms with van der Waals surface area (Å²) in [4.78, 5) is 13.3. The van der Waals surface area contributed by atoms with Gasteiger partial charge in [0.15, 0.2) is 5.78 Å². The highest BCUT2D eigenvalue weighted by atomic mass is 32.2. The molecule has 2 aromatic carbocycles. The molecule has 2 aromatic heterocycles. The van der Waals surface area contributed by atoms with Gasteiger partial charge in [0.25, 0.3) is 5.89 Å². The molecule has 1 saturated heterocycles. The van der Waals surface area contributed by atoms with Crippen LogP contribution in [0.15, 0.2) is 70.3 Å². The summed E-state index contributed by atoms with van der Waals surface area (Å²) < 4.78 is 39.8. The molecule has 0 bridgehead atoms. The number of ether oxygens (including phenoxy) is 1. The second kappa shape index (κ2) is 8.30. The van der Waals surface area contributed by atoms with Gasteiger partial charge in [-0.05, 0) is 24.3 Å². The van der Waals surface area contributed by atoms with Crippen molar-refractivity contribution in [3.63, 3.8) is 0 Å². The van der Waals surface area contributed by atoms with Gasteiger partial charge in [0.1, 0.15) is 5.69 Å². The lowest BCUT2D eigenvalue weighted by Gasteiger charge is -2.26. The van der Waals surface area contributed by atoms with Gasteiger partial charge in [-0.1, -0.05) is 30.3 Å². The van der Waals surface area contributed by atoms with Gasteiger partial charge in [0, 0.05) is 29.6 Å². The summed E-state index contributed by atoms with van der Waals surface area (Å²) in [6, 6.07) is 15.7. The lowest BCUT2D eigenvalue weighted by atomic mass is 10.1. The number of sulfonamides is 1. The fraction of sp³-hybridized carbons (Fsp3) is 0.227. The number of ketones is 1. The first-order chi connectivity index (χ1) is 15.5. The van der Waals surface area contributed by atoms with Crippen molar-refractivity contribution in [3.8, 4) is 11.6 Å². The van der Waals surface area contributed by atoms with Gasteiger partial charge < -0.3 is 13.7 Å². The van der Waals surface area contributed by atoms with Gasteiger partial charge in [-0.2, -0.15) is 4.31 Å². The highest BCUT2D eigenvalue weighted by molar-refractivity contribution is 7.89. The molecule has 9 nitrogen and oxygen atoms in total. The summed E-state index contributed by atoms with van der Waals surface area (Å²) in [5.41, 5.74) is 1.77. The maximum atomic E-state index is 13.2. The lowest BCUT2D eigenvalue weighted by Crippen LogP contribution is -2.40. The Hall–Kier alpha value is -3.34. The summed E-state index contributed by atoms with van der Waals surface area (Å²) in [7, 11) is -3.70. The zero-order valence-corrected chi connectivity index (χ0v) is 17.9. The number of fused-ring (bicyclic) bond motifs is 1. The molecule has 1 aliphatic heterocycles. The fourth-order valence-electron chi connectivity index (χ4n) is 3.84. The van der Waals surface area contributed by atoms with Crippen LogP contribution in [0.1, 0.15) is 10.4 Å². The smallest absolute Gasteiger partial charge is 0.264 e. The number of hydrogen-bond acceptors (Lipinski definition) is 7. The molecular formula is C22H20N4O5S. The molecular weight excluding hydrogens is 432 g/mol. The Bertz CT molecular complexity index is 1370. The zero-order chi connectivity index (χ0) is 22.1. The average Bonchev–Trinajstić information content (AvgIpc) is 3.48. The number of carbonyl (C=O) groups excluding carboxylic acids is 1. The van der Waals surface area contributed by atoms with E-state index < -0.39 is 10.0 Å². The van der Waals surface area contributed by atoms with Gasteiger partial charge in [-0.3, -0.25) is 4.79 Å². The first-order valence-corrected chi connectivity index (χ1v) is 11.5. The van der Waals surface area contributed by atoms with Gasteiger partial charge in [0.05, 0.1) is 24.7 Å². The third-order valence-electron chi connectivity index (χ3n) is 5.46. The van der Waals surface area contributed by atoms with Crippen LogP contribution in [0, 0.1) is 0 Å². The Labute approximate surface area is 184 Å². The Kier molecular flexibility index (Phi) is 5.33. The van der Waals surface area contributed by atoms with Crippen molar-refractivity contribution in [2.45, 2.75) is 11.4 Å². The Morgan fingerprint density at radius 3 is 2.62 bits per heavy atom. The molecule has 3 heterocycles. The van der Waals surface area contributed by atoms with E-state index in [4.69, 9.17) is 9.15 Å². The molecule has 4 aromatic rings. The molecule has 0 saturated carbocycles. The summed E-state index contributed by atoms with van der Waals surface area (Å²) in [5.74, 6) is 0.0730. The van der Waals surface area contributed by atoms with E-state index in [1.54, 1.807) is 16.7 Å². The molecule has 32 heavy (non-hydrogen) atoms. The first-order valence-electron chi connectivity index (χ1n) is 10.1. The van der Waals surface area contributed by atoms with Crippen molar-refractivity contribution in [1.29, 1.82) is 0 Å². The predicted molar refractivity (Wildman–Crippen MR) is 116 cm³/mol. The van der Waals surface area contributed by atoms with Crippen LogP contribution in [0.5, 0.6) is 0 Å². The number of hydrogen-bond donors (Lipinski definition) is 0. The van der Waals surface area contributed by atoms with Crippen LogP contribution in [0.4, 0.5) is 0 Å². The number of carbonyl (C=O) groups is 1. The molecule has 0 aliphatic carbocycles. The second-order valence-electron chi connectivity index (χ2n) is 7.39. The number of rotatable bonds is 6. The van der Waals surface area contributed by atoms with E-state index in [1.165, 1.54) is 22.8 Å². The summed E-state index contributed by atoms with van der Waals surface area (Å²) in [6.45, 7) is 1.30. The standard InChI is InChI=1S/C22H20N4O5S/c27-21(17-5-3-6-18(12-17)32(28,29)25-8-10-30-11-9-25)14-26-19-7-2-1-4-16(19)13-20(26)22-24-23-15-31-22/h1-7,12-13,15H,8-11,14H2. The van der Waals surface area contributed by atoms with E-state index >= 15 is 0 Å². The van der Waals surface area contributed by atoms with Crippen molar-refractivity contribution in [1.82, 2.24) is 19.1 Å². The van der Waals surface area contributed by atoms with Crippen molar-refractivity contribution in [3.05, 3.63) is 66.6 Å². The highest BCUT2D eigenvalue weighted by Gasteiger charge is 2.27. The molecule has 0 N–H and O–H groups in total. The number of morpholine rings is 1. The normalized spacial score (nSPS) is 15.2. The number of Topliss-reactive ketones (excluding diaryl/α,β-unsaturated/α-hetero) is 1. The molecule has 1 aliphatic rings. The molecule has 0 radical (unpaired) electrons. The Morgan fingerprint density at radius 2 is 1.84 bits per heavy atom. The number of aromatic nitrogens is 3. The number of para-hydroxylation sites is 1. The van der Waals surface area contributed by atoms with Gasteiger partial charge in [-0.25, -0.2) is 8.42 Å². The van der Waals surface area contributed by atoms with Crippen molar-refractivity contribution >= 4 is 26.7 Å². The molecule has 0 amide bonds. The largest absolute Gasteiger partial charge is 0.422 e. The predicted octanol–water partition coefficient (Wildman–Crippen LogP) is 2.60. The minimum absolute atomic E-state index is 0.00766. The molecule has 164 valence electrons. The van der Waals surface area contributed by atoms with Crippen LogP contribution in [0.2, 0.25) is 0 Å². The fourth-order valence-corrected chi connectivity index (χ4v) is 5.30. The molecule has 10 heteroatoms. The summed E-state index contributed by atoms with van der Waals surface area (Å²) >= 11 is 0. The number of benzene rings is 2. The van der Waals surface area contributed by atoms with Crippen molar-refractivity contribution < 1.29 is 22.4 Å². The first kappa shape index (κ1) is 20.6. The minimum atomic E-state index is -3.70. The van der Waals surface area contributed by atoms with Crippen LogP contribution in [0.25, 0.3) is 22.5 Å². The van der Waals surface area contributed by atoms with Crippen LogP contribution < -0.4 is 0 Å². The lowest BCUT2D eigenvalue weighted by molar-refractivity contribution is 0.0730. The molecule has 0 spiro atoms. The van der Waals surface area contributed by atoms with Crippen LogP contribution in [0.3, 0.4) is 0 Å². The SMILES string of the molecule is O=C(Cn1c(-c2nnco2)cc2ccccc21)c1cccc(S(=O)(=O)N2CCOCC2)c1. The molecule has 5 rings (SSSR count). The third-order valence-corrected chi connectivity index (χ3v) is 7.35. The van der Waals surface area contributed by atoms with E-state index in [9.17, 15) is 13.2 Å². The topological polar surface area (TPSA) is 108 Å². The molecule has 0 atom stereocenters. The third kappa shape index (κ3) is 3.72. The average molecular weight is 452 g/mol. The monoisotopic (exact) mass is 452 g/mol. The van der Waals surface area contributed by atoms with Crippen LogP contribution in [-0.2, 0) is 21.3 Å². The van der Waals surface area contributed by atoms with Crippen molar-refractivity contribution in [2.75, 3.05) is 26.3 Å². The molecule has 0 unspecified atom stereocenters. The van der Waals surface area contributed by atoms with E-state index in [-0.39, 0.29) is 17.2 Å². The Balaban J connectivity index is 1.48. The van der Waals surface area contributed by atoms with E-state index in [0.29, 0.717) is 43.5 Å². The van der Waals surface area contributed by atoms with Crippen molar-refractivity contribution in [2.24, 2.45) is 0 Å². The van der Waals surface area contributed by atoms with E-state index in [1.807, 2.05) is 30.3 Å². The Morgan fingerprint density at radius 1 is 1.03 bits per heavy atom. The highest BCUT2D eigenvalue weighted by Crippen LogP contribution is 2.27. The quantitative estimate of drug-likeness (QED) is 0.414. The minimum Gasteiger partial charge on any atom is -0.422 e. The van der Waals surface area contributed by atoms with Crippen LogP contribution in [-0.4, -0.2) is 59.6 Å². The summed E-state index contributed by atoms with van der Waals surface area (Å²) in [5, 5.41) is 8.64.